The molecule has 1 aromatic carbocycles. The fraction of sp³-hybridized carbons (Fsp3) is 0.375. The van der Waals surface area contributed by atoms with Crippen LogP contribution in [0.2, 0.25) is 0 Å². The maximum absolute atomic E-state index is 12.8. The van der Waals surface area contributed by atoms with E-state index in [4.69, 9.17) is 0 Å². The van der Waals surface area contributed by atoms with Crippen LogP contribution in [0.1, 0.15) is 22.8 Å². The first-order valence-electron chi connectivity index (χ1n) is 7.53. The monoisotopic (exact) mass is 392 g/mol. The van der Waals surface area contributed by atoms with Crippen molar-refractivity contribution < 1.29 is 14.7 Å². The summed E-state index contributed by atoms with van der Waals surface area (Å²) in [7, 11) is 0. The van der Waals surface area contributed by atoms with E-state index in [9.17, 15) is 14.7 Å². The molecule has 1 aromatic heterocycles. The molecule has 1 atom stereocenters. The molecule has 0 spiro atoms. The Morgan fingerprint density at radius 2 is 2.08 bits per heavy atom. The SMILES string of the molecule is Cc1c(Br)cccc1CC(=O)N1Cc2nnc(C)n2CC1C(=O)O. The summed E-state index contributed by atoms with van der Waals surface area (Å²) < 4.78 is 2.68. The van der Waals surface area contributed by atoms with Gasteiger partial charge < -0.3 is 14.6 Å². The Bertz CT molecular complexity index is 818. The van der Waals surface area contributed by atoms with Crippen LogP contribution in [0.5, 0.6) is 0 Å². The number of hydrogen-bond donors (Lipinski definition) is 1. The van der Waals surface area contributed by atoms with Gasteiger partial charge in [-0.3, -0.25) is 4.79 Å². The summed E-state index contributed by atoms with van der Waals surface area (Å²) in [5.41, 5.74) is 1.86. The lowest BCUT2D eigenvalue weighted by molar-refractivity contribution is -0.152. The molecule has 7 nitrogen and oxygen atoms in total. The molecule has 0 saturated heterocycles. The summed E-state index contributed by atoms with van der Waals surface area (Å²) in [5.74, 6) is 0.0269. The predicted molar refractivity (Wildman–Crippen MR) is 89.3 cm³/mol. The van der Waals surface area contributed by atoms with Gasteiger partial charge in [-0.1, -0.05) is 28.1 Å². The van der Waals surface area contributed by atoms with E-state index < -0.39 is 12.0 Å². The first-order valence-corrected chi connectivity index (χ1v) is 8.32. The number of hydrogen-bond acceptors (Lipinski definition) is 4. The summed E-state index contributed by atoms with van der Waals surface area (Å²) in [6, 6.07) is 4.75. The van der Waals surface area contributed by atoms with Crippen molar-refractivity contribution in [1.29, 1.82) is 0 Å². The van der Waals surface area contributed by atoms with E-state index in [-0.39, 0.29) is 25.4 Å². The number of carboxylic acid groups (broad SMARTS) is 1. The molecule has 3 rings (SSSR count). The van der Waals surface area contributed by atoms with Crippen molar-refractivity contribution in [2.45, 2.75) is 39.4 Å². The molecule has 1 aliphatic rings. The second-order valence-electron chi connectivity index (χ2n) is 5.85. The number of carboxylic acids is 1. The molecule has 1 aliphatic heterocycles. The largest absolute Gasteiger partial charge is 0.480 e. The van der Waals surface area contributed by atoms with Crippen molar-refractivity contribution >= 4 is 27.8 Å². The molecule has 0 radical (unpaired) electrons. The van der Waals surface area contributed by atoms with Crippen molar-refractivity contribution in [2.24, 2.45) is 0 Å². The van der Waals surface area contributed by atoms with Gasteiger partial charge in [0.05, 0.1) is 19.5 Å². The van der Waals surface area contributed by atoms with Crippen molar-refractivity contribution in [3.8, 4) is 0 Å². The average Bonchev–Trinajstić information content (AvgIpc) is 2.91. The summed E-state index contributed by atoms with van der Waals surface area (Å²) in [6.07, 6.45) is 0.155. The first kappa shape index (κ1) is 16.6. The van der Waals surface area contributed by atoms with Crippen molar-refractivity contribution in [2.75, 3.05) is 0 Å². The number of rotatable bonds is 3. The number of carbonyl (C=O) groups excluding carboxylic acids is 1. The molecule has 2 aromatic rings. The number of nitrogens with zero attached hydrogens (tertiary/aromatic N) is 4. The third-order valence-corrected chi connectivity index (χ3v) is 5.24. The topological polar surface area (TPSA) is 88.3 Å². The first-order chi connectivity index (χ1) is 11.4. The highest BCUT2D eigenvalue weighted by atomic mass is 79.9. The van der Waals surface area contributed by atoms with E-state index >= 15 is 0 Å². The number of aromatic nitrogens is 3. The maximum Gasteiger partial charge on any atom is 0.328 e. The van der Waals surface area contributed by atoms with Gasteiger partial charge in [-0.2, -0.15) is 0 Å². The summed E-state index contributed by atoms with van der Waals surface area (Å²) in [4.78, 5) is 25.8. The van der Waals surface area contributed by atoms with E-state index in [1.807, 2.05) is 25.1 Å². The lowest BCUT2D eigenvalue weighted by Gasteiger charge is -2.33. The van der Waals surface area contributed by atoms with Crippen molar-refractivity contribution in [1.82, 2.24) is 19.7 Å². The fourth-order valence-corrected chi connectivity index (χ4v) is 3.30. The Hall–Kier alpha value is -2.22. The highest BCUT2D eigenvalue weighted by Gasteiger charge is 2.36. The molecule has 1 unspecified atom stereocenters. The maximum atomic E-state index is 12.8. The molecule has 1 N–H and O–H groups in total. The molecule has 0 bridgehead atoms. The van der Waals surface area contributed by atoms with Gasteiger partial charge >= 0.3 is 5.97 Å². The lowest BCUT2D eigenvalue weighted by atomic mass is 10.0. The number of aliphatic carboxylic acids is 1. The minimum atomic E-state index is -1.02. The second kappa shape index (κ2) is 6.35. The quantitative estimate of drug-likeness (QED) is 0.858. The Labute approximate surface area is 147 Å². The van der Waals surface area contributed by atoms with Gasteiger partial charge in [-0.05, 0) is 31.0 Å². The summed E-state index contributed by atoms with van der Waals surface area (Å²) in [5, 5.41) is 17.5. The number of amides is 1. The minimum absolute atomic E-state index is 0.155. The van der Waals surface area contributed by atoms with E-state index in [0.29, 0.717) is 11.6 Å². The third kappa shape index (κ3) is 2.93. The normalized spacial score (nSPS) is 16.8. The number of carbonyl (C=O) groups is 2. The summed E-state index contributed by atoms with van der Waals surface area (Å²) in [6.45, 7) is 4.03. The molecular weight excluding hydrogens is 376 g/mol. The number of benzene rings is 1. The highest BCUT2D eigenvalue weighted by Crippen LogP contribution is 2.23. The van der Waals surface area contributed by atoms with Gasteiger partial charge in [0.1, 0.15) is 11.9 Å². The van der Waals surface area contributed by atoms with E-state index in [1.54, 1.807) is 11.5 Å². The Kier molecular flexibility index (Phi) is 4.40. The standard InChI is InChI=1S/C16H17BrN4O3/c1-9-11(4-3-5-12(9)17)6-15(22)21-8-14-19-18-10(2)20(14)7-13(21)16(23)24/h3-5,13H,6-8H2,1-2H3,(H,23,24). The van der Waals surface area contributed by atoms with Crippen LogP contribution in [0.3, 0.4) is 0 Å². The molecule has 8 heteroatoms. The van der Waals surface area contributed by atoms with Crippen LogP contribution >= 0.6 is 15.9 Å². The van der Waals surface area contributed by atoms with Crippen LogP contribution in [-0.2, 0) is 29.1 Å². The molecule has 1 amide bonds. The minimum Gasteiger partial charge on any atom is -0.480 e. The van der Waals surface area contributed by atoms with Crippen LogP contribution in [0.15, 0.2) is 22.7 Å². The lowest BCUT2D eigenvalue weighted by Crippen LogP contribution is -2.51. The second-order valence-corrected chi connectivity index (χ2v) is 6.70. The van der Waals surface area contributed by atoms with Crippen LogP contribution in [0.4, 0.5) is 0 Å². The molecule has 0 fully saturated rings. The molecular formula is C16H17BrN4O3. The van der Waals surface area contributed by atoms with Crippen molar-refractivity contribution in [3.63, 3.8) is 0 Å². The zero-order valence-electron chi connectivity index (χ0n) is 13.4. The number of fused-ring (bicyclic) bond motifs is 1. The van der Waals surface area contributed by atoms with Crippen LogP contribution in [-0.4, -0.2) is 42.7 Å². The average molecular weight is 393 g/mol. The highest BCUT2D eigenvalue weighted by molar-refractivity contribution is 9.10. The Morgan fingerprint density at radius 1 is 1.33 bits per heavy atom. The van der Waals surface area contributed by atoms with Gasteiger partial charge in [0, 0.05) is 4.47 Å². The smallest absolute Gasteiger partial charge is 0.328 e. The number of halogens is 1. The predicted octanol–water partition coefficient (Wildman–Crippen LogP) is 1.70. The van der Waals surface area contributed by atoms with E-state index in [0.717, 1.165) is 15.6 Å². The zero-order valence-corrected chi connectivity index (χ0v) is 14.9. The third-order valence-electron chi connectivity index (χ3n) is 4.38. The number of aryl methyl sites for hydroxylation is 1. The van der Waals surface area contributed by atoms with E-state index in [2.05, 4.69) is 26.1 Å². The van der Waals surface area contributed by atoms with Gasteiger partial charge in [-0.25, -0.2) is 4.79 Å². The van der Waals surface area contributed by atoms with Gasteiger partial charge in [0.15, 0.2) is 5.82 Å². The van der Waals surface area contributed by atoms with E-state index in [1.165, 1.54) is 4.90 Å². The Balaban J connectivity index is 1.87. The van der Waals surface area contributed by atoms with Crippen LogP contribution < -0.4 is 0 Å². The van der Waals surface area contributed by atoms with Gasteiger partial charge in [-0.15, -0.1) is 10.2 Å². The zero-order chi connectivity index (χ0) is 17.4. The molecule has 24 heavy (non-hydrogen) atoms. The van der Waals surface area contributed by atoms with Crippen LogP contribution in [0, 0.1) is 13.8 Å². The molecule has 0 aliphatic carbocycles. The molecule has 0 saturated carbocycles. The summed E-state index contributed by atoms with van der Waals surface area (Å²) >= 11 is 3.45. The van der Waals surface area contributed by atoms with Gasteiger partial charge in [0.2, 0.25) is 5.91 Å². The van der Waals surface area contributed by atoms with Crippen molar-refractivity contribution in [3.05, 3.63) is 45.4 Å². The molecule has 126 valence electrons. The van der Waals surface area contributed by atoms with Gasteiger partial charge in [0.25, 0.3) is 0 Å². The van der Waals surface area contributed by atoms with Crippen LogP contribution in [0.25, 0.3) is 0 Å². The fourth-order valence-electron chi connectivity index (χ4n) is 2.89. The Morgan fingerprint density at radius 3 is 2.79 bits per heavy atom. The molecule has 2 heterocycles.